The van der Waals surface area contributed by atoms with Gasteiger partial charge in [0, 0.05) is 12.7 Å². The van der Waals surface area contributed by atoms with Gasteiger partial charge in [0.1, 0.15) is 11.8 Å². The van der Waals surface area contributed by atoms with Crippen LogP contribution in [-0.4, -0.2) is 19.6 Å². The number of hydrogen-bond acceptors (Lipinski definition) is 4. The van der Waals surface area contributed by atoms with Gasteiger partial charge in [-0.15, -0.1) is 0 Å². The van der Waals surface area contributed by atoms with Crippen molar-refractivity contribution in [1.82, 2.24) is 0 Å². The molecule has 0 aliphatic rings. The molecule has 5 nitrogen and oxygen atoms in total. The molecule has 0 aliphatic heterocycles. The number of ether oxygens (including phenoxy) is 1. The second-order valence-corrected chi connectivity index (χ2v) is 4.44. The molecule has 21 heavy (non-hydrogen) atoms. The molecule has 0 bridgehead atoms. The van der Waals surface area contributed by atoms with Crippen LogP contribution in [0.25, 0.3) is 0 Å². The van der Waals surface area contributed by atoms with E-state index in [1.165, 1.54) is 4.90 Å². The number of rotatable bonds is 4. The number of carbonyl (C=O) groups excluding carboxylic acids is 1. The highest BCUT2D eigenvalue weighted by Crippen LogP contribution is 2.19. The van der Waals surface area contributed by atoms with Gasteiger partial charge in [0.05, 0.1) is 11.3 Å². The molecule has 0 aromatic heterocycles. The molecular weight excluding hydrogens is 266 g/mol. The molecule has 2 rings (SSSR count). The van der Waals surface area contributed by atoms with Gasteiger partial charge in [-0.05, 0) is 36.4 Å². The van der Waals surface area contributed by atoms with Crippen LogP contribution in [0, 0.1) is 11.3 Å². The highest BCUT2D eigenvalue weighted by Gasteiger charge is 2.14. The molecular formula is C16H15N3O2. The van der Waals surface area contributed by atoms with Crippen LogP contribution in [-0.2, 0) is 4.79 Å². The normalized spacial score (nSPS) is 9.71. The molecule has 0 unspecified atom stereocenters. The summed E-state index contributed by atoms with van der Waals surface area (Å²) < 4.78 is 5.41. The van der Waals surface area contributed by atoms with Gasteiger partial charge in [0.2, 0.25) is 0 Å². The summed E-state index contributed by atoms with van der Waals surface area (Å²) in [4.78, 5) is 13.5. The van der Waals surface area contributed by atoms with E-state index < -0.39 is 0 Å². The molecule has 106 valence electrons. The molecule has 0 aliphatic carbocycles. The van der Waals surface area contributed by atoms with Gasteiger partial charge in [-0.2, -0.15) is 5.26 Å². The Hall–Kier alpha value is -3.00. The smallest absolute Gasteiger partial charge is 0.264 e. The number of anilines is 2. The maximum atomic E-state index is 12.1. The van der Waals surface area contributed by atoms with Gasteiger partial charge in [-0.1, -0.05) is 12.1 Å². The van der Waals surface area contributed by atoms with E-state index in [1.807, 2.05) is 0 Å². The topological polar surface area (TPSA) is 79.3 Å². The molecule has 0 heterocycles. The van der Waals surface area contributed by atoms with Crippen LogP contribution in [0.1, 0.15) is 5.56 Å². The Morgan fingerprint density at radius 2 is 1.90 bits per heavy atom. The monoisotopic (exact) mass is 281 g/mol. The van der Waals surface area contributed by atoms with Crippen LogP contribution in [0.15, 0.2) is 48.5 Å². The first-order valence-electron chi connectivity index (χ1n) is 6.36. The lowest BCUT2D eigenvalue weighted by Crippen LogP contribution is -2.31. The van der Waals surface area contributed by atoms with Gasteiger partial charge in [-0.25, -0.2) is 0 Å². The number of likely N-dealkylation sites (N-methyl/N-ethyl adjacent to an activating group) is 1. The number of benzene rings is 2. The summed E-state index contributed by atoms with van der Waals surface area (Å²) in [6.45, 7) is -0.111. The lowest BCUT2D eigenvalue weighted by molar-refractivity contribution is -0.120. The SMILES string of the molecule is CN(C(=O)COc1ccc(N)cc1)c1ccccc1C#N. The van der Waals surface area contributed by atoms with Crippen LogP contribution in [0.5, 0.6) is 5.75 Å². The van der Waals surface area contributed by atoms with Crippen molar-refractivity contribution in [2.75, 3.05) is 24.3 Å². The first-order valence-corrected chi connectivity index (χ1v) is 6.36. The predicted octanol–water partition coefficient (Wildman–Crippen LogP) is 2.18. The molecule has 0 saturated heterocycles. The highest BCUT2D eigenvalue weighted by molar-refractivity contribution is 5.95. The first-order chi connectivity index (χ1) is 10.1. The number of para-hydroxylation sites is 1. The standard InChI is InChI=1S/C16H15N3O2/c1-19(15-5-3-2-4-12(15)10-17)16(20)11-21-14-8-6-13(18)7-9-14/h2-9H,11,18H2,1H3. The molecule has 0 atom stereocenters. The van der Waals surface area contributed by atoms with Crippen LogP contribution < -0.4 is 15.4 Å². The van der Waals surface area contributed by atoms with Gasteiger partial charge in [-0.3, -0.25) is 4.79 Å². The maximum absolute atomic E-state index is 12.1. The summed E-state index contributed by atoms with van der Waals surface area (Å²) in [7, 11) is 1.62. The third-order valence-electron chi connectivity index (χ3n) is 3.00. The number of hydrogen-bond donors (Lipinski definition) is 1. The van der Waals surface area contributed by atoms with E-state index >= 15 is 0 Å². The number of nitrogens with zero attached hydrogens (tertiary/aromatic N) is 2. The van der Waals surface area contributed by atoms with Crippen molar-refractivity contribution < 1.29 is 9.53 Å². The first kappa shape index (κ1) is 14.4. The lowest BCUT2D eigenvalue weighted by Gasteiger charge is -2.18. The zero-order chi connectivity index (χ0) is 15.2. The van der Waals surface area contributed by atoms with Crippen molar-refractivity contribution in [2.24, 2.45) is 0 Å². The fourth-order valence-electron chi connectivity index (χ4n) is 1.80. The van der Waals surface area contributed by atoms with Crippen molar-refractivity contribution in [1.29, 1.82) is 5.26 Å². The van der Waals surface area contributed by atoms with Crippen LogP contribution in [0.4, 0.5) is 11.4 Å². The van der Waals surface area contributed by atoms with Crippen molar-refractivity contribution in [3.63, 3.8) is 0 Å². The third kappa shape index (κ3) is 3.51. The predicted molar refractivity (Wildman–Crippen MR) is 80.9 cm³/mol. The van der Waals surface area contributed by atoms with E-state index in [0.29, 0.717) is 22.7 Å². The van der Waals surface area contributed by atoms with E-state index in [-0.39, 0.29) is 12.5 Å². The zero-order valence-electron chi connectivity index (χ0n) is 11.6. The van der Waals surface area contributed by atoms with E-state index in [1.54, 1.807) is 55.6 Å². The Balaban J connectivity index is 2.03. The number of amides is 1. The summed E-state index contributed by atoms with van der Waals surface area (Å²) >= 11 is 0. The van der Waals surface area contributed by atoms with Gasteiger partial charge in [0.25, 0.3) is 5.91 Å². The van der Waals surface area contributed by atoms with E-state index in [9.17, 15) is 4.79 Å². The second-order valence-electron chi connectivity index (χ2n) is 4.44. The van der Waals surface area contributed by atoms with Crippen LogP contribution in [0.3, 0.4) is 0 Å². The van der Waals surface area contributed by atoms with Gasteiger partial charge >= 0.3 is 0 Å². The molecule has 0 saturated carbocycles. The Morgan fingerprint density at radius 3 is 2.57 bits per heavy atom. The molecule has 2 aromatic rings. The molecule has 2 aromatic carbocycles. The van der Waals surface area contributed by atoms with E-state index in [0.717, 1.165) is 0 Å². The fraction of sp³-hybridized carbons (Fsp3) is 0.125. The average Bonchev–Trinajstić information content (AvgIpc) is 2.53. The minimum absolute atomic E-state index is 0.111. The summed E-state index contributed by atoms with van der Waals surface area (Å²) in [5.41, 5.74) is 7.22. The molecule has 1 amide bonds. The summed E-state index contributed by atoms with van der Waals surface area (Å²) in [5.74, 6) is 0.328. The molecule has 2 N–H and O–H groups in total. The lowest BCUT2D eigenvalue weighted by atomic mass is 10.2. The van der Waals surface area contributed by atoms with Gasteiger partial charge < -0.3 is 15.4 Å². The summed E-state index contributed by atoms with van der Waals surface area (Å²) in [5, 5.41) is 9.05. The molecule has 0 radical (unpaired) electrons. The molecule has 0 spiro atoms. The minimum atomic E-state index is -0.241. The number of nitrogen functional groups attached to an aromatic ring is 1. The zero-order valence-corrected chi connectivity index (χ0v) is 11.6. The summed E-state index contributed by atoms with van der Waals surface area (Å²) in [6, 6.07) is 15.8. The van der Waals surface area contributed by atoms with Crippen molar-refractivity contribution >= 4 is 17.3 Å². The number of nitrogens with two attached hydrogens (primary N) is 1. The number of carbonyl (C=O) groups is 1. The number of nitriles is 1. The van der Waals surface area contributed by atoms with Crippen LogP contribution in [0.2, 0.25) is 0 Å². The minimum Gasteiger partial charge on any atom is -0.484 e. The fourth-order valence-corrected chi connectivity index (χ4v) is 1.80. The summed E-state index contributed by atoms with van der Waals surface area (Å²) in [6.07, 6.45) is 0. The van der Waals surface area contributed by atoms with Crippen molar-refractivity contribution in [3.05, 3.63) is 54.1 Å². The Kier molecular flexibility index (Phi) is 4.42. The molecule has 0 fully saturated rings. The highest BCUT2D eigenvalue weighted by atomic mass is 16.5. The van der Waals surface area contributed by atoms with Crippen molar-refractivity contribution in [3.8, 4) is 11.8 Å². The van der Waals surface area contributed by atoms with Gasteiger partial charge in [0.15, 0.2) is 6.61 Å². The van der Waals surface area contributed by atoms with Crippen LogP contribution >= 0.6 is 0 Å². The largest absolute Gasteiger partial charge is 0.484 e. The third-order valence-corrected chi connectivity index (χ3v) is 3.00. The van der Waals surface area contributed by atoms with Crippen molar-refractivity contribution in [2.45, 2.75) is 0 Å². The Morgan fingerprint density at radius 1 is 1.24 bits per heavy atom. The second kappa shape index (κ2) is 6.44. The maximum Gasteiger partial charge on any atom is 0.264 e. The van der Waals surface area contributed by atoms with E-state index in [2.05, 4.69) is 6.07 Å². The quantitative estimate of drug-likeness (QED) is 0.871. The average molecular weight is 281 g/mol. The Bertz CT molecular complexity index is 675. The molecule has 5 heteroatoms. The van der Waals surface area contributed by atoms with E-state index in [4.69, 9.17) is 15.7 Å². The Labute approximate surface area is 123 Å².